The molecule has 4 nitrogen and oxygen atoms in total. The molecule has 0 bridgehead atoms. The number of hydrogen-bond acceptors (Lipinski definition) is 6. The summed E-state index contributed by atoms with van der Waals surface area (Å²) >= 11 is 3.47. The third-order valence-electron chi connectivity index (χ3n) is 25.7. The molecule has 0 aliphatic carbocycles. The molecule has 0 radical (unpaired) electrons. The van der Waals surface area contributed by atoms with Crippen molar-refractivity contribution in [1.29, 1.82) is 0 Å². The number of nitrogens with zero attached hydrogens (tertiary/aromatic N) is 4. The topological polar surface area (TPSA) is 51.6 Å². The number of pyridine rings is 4. The van der Waals surface area contributed by atoms with Gasteiger partial charge in [-0.3, -0.25) is 9.97 Å². The van der Waals surface area contributed by atoms with Crippen LogP contribution in [0.1, 0.15) is 16.4 Å². The Kier molecular flexibility index (Phi) is 17.0. The lowest BCUT2D eigenvalue weighted by Crippen LogP contribution is -1.91. The molecule has 0 aliphatic heterocycles. The third kappa shape index (κ3) is 13.8. The van der Waals surface area contributed by atoms with Crippen LogP contribution in [-0.4, -0.2) is 19.9 Å². The molecule has 6 heteroatoms. The van der Waals surface area contributed by atoms with Crippen molar-refractivity contribution in [3.8, 4) is 153 Å². The maximum absolute atomic E-state index is 9.86. The SMILES string of the molecule is [2H]c1c([2H])c([2H])c2c(-c3ccc4ccc5cccnc5c4n3)c([2H])c([2H])c(-c3ccc(-c4sc(-c5c6ccccc6c(-c6ccccc6)c6ccccc56)c(-c5ccccc5)c4-c4ccccc4)cc3)c2c1[2H].[2H]c1c([2H])c([2H])c2c(-c3ccc4ccc5cccnc5c4n3)c([2H])c([2H])c(-c3cccc(-c4sc(-c5c6ccccc6c(-c6ccccc6)c6ccccc56)c(-c5ccccc5)c4-c4ccccc4)c3)c2c1[2H]. The van der Waals surface area contributed by atoms with Gasteiger partial charge in [0.25, 0.3) is 0 Å². The Bertz CT molecular complexity index is 9770. The van der Waals surface area contributed by atoms with E-state index in [-0.39, 0.29) is 92.1 Å². The first-order valence-electron chi connectivity index (χ1n) is 50.6. The van der Waals surface area contributed by atoms with E-state index in [1.165, 1.54) is 21.9 Å². The van der Waals surface area contributed by atoms with E-state index < -0.39 is 24.2 Å². The van der Waals surface area contributed by atoms with Gasteiger partial charge in [0.15, 0.2) is 0 Å². The van der Waals surface area contributed by atoms with Crippen molar-refractivity contribution in [2.75, 3.05) is 0 Å². The minimum absolute atomic E-state index is 0.139. The third-order valence-corrected chi connectivity index (χ3v) is 28.2. The maximum Gasteiger partial charge on any atom is 0.0972 e. The Morgan fingerprint density at radius 1 is 0.172 bits per heavy atom. The van der Waals surface area contributed by atoms with E-state index in [0.717, 1.165) is 151 Å². The number of fused-ring (bicyclic) bond motifs is 12. The van der Waals surface area contributed by atoms with Crippen LogP contribution in [0.4, 0.5) is 0 Å². The molecular formula is C128H80N4S2. The lowest BCUT2D eigenvalue weighted by molar-refractivity contribution is 1.37. The molecule has 26 aromatic rings. The van der Waals surface area contributed by atoms with Gasteiger partial charge in [0.05, 0.1) is 49.9 Å². The first-order valence-corrected chi connectivity index (χ1v) is 46.3. The van der Waals surface area contributed by atoms with Gasteiger partial charge in [0.2, 0.25) is 0 Å². The normalized spacial score (nSPS) is 12.8. The Morgan fingerprint density at radius 2 is 0.440 bits per heavy atom. The summed E-state index contributed by atoms with van der Waals surface area (Å²) in [6.45, 7) is 0. The second kappa shape index (κ2) is 33.8. The van der Waals surface area contributed by atoms with Crippen molar-refractivity contribution in [2.24, 2.45) is 0 Å². The maximum atomic E-state index is 9.86. The van der Waals surface area contributed by atoms with Crippen molar-refractivity contribution >= 4 is 131 Å². The van der Waals surface area contributed by atoms with Crippen LogP contribution in [0.2, 0.25) is 0 Å². The molecule has 0 unspecified atom stereocenters. The summed E-state index contributed by atoms with van der Waals surface area (Å²) in [4.78, 5) is 23.6. The van der Waals surface area contributed by atoms with Gasteiger partial charge in [0.1, 0.15) is 0 Å². The van der Waals surface area contributed by atoms with Gasteiger partial charge in [-0.2, -0.15) is 0 Å². The van der Waals surface area contributed by atoms with E-state index in [9.17, 15) is 11.0 Å². The highest BCUT2D eigenvalue weighted by molar-refractivity contribution is 7.21. The summed E-state index contributed by atoms with van der Waals surface area (Å²) in [5.41, 5.74) is 22.5. The molecule has 26 rings (SSSR count). The Labute approximate surface area is 800 Å². The molecular weight excluding hydrogens is 1660 g/mol. The van der Waals surface area contributed by atoms with E-state index in [1.54, 1.807) is 47.2 Å². The Balaban J connectivity index is 0.000000152. The number of rotatable bonds is 14. The van der Waals surface area contributed by atoms with Crippen molar-refractivity contribution < 1.29 is 16.4 Å². The van der Waals surface area contributed by atoms with E-state index in [4.69, 9.17) is 15.5 Å². The highest BCUT2D eigenvalue weighted by atomic mass is 32.1. The second-order valence-electron chi connectivity index (χ2n) is 33.4. The summed E-state index contributed by atoms with van der Waals surface area (Å²) in [5.74, 6) is 0. The summed E-state index contributed by atoms with van der Waals surface area (Å²) in [6, 6.07) is 133. The molecule has 624 valence electrons. The molecule has 0 fully saturated rings. The first kappa shape index (κ1) is 67.3. The Hall–Kier alpha value is -17.0. The van der Waals surface area contributed by atoms with E-state index in [0.29, 0.717) is 44.6 Å². The Morgan fingerprint density at radius 3 is 0.806 bits per heavy atom. The molecule has 20 aromatic carbocycles. The summed E-state index contributed by atoms with van der Waals surface area (Å²) in [5, 5.41) is 13.3. The number of thiophene rings is 2. The first-order chi connectivity index (χ1) is 71.5. The molecule has 6 heterocycles. The fourth-order valence-corrected chi connectivity index (χ4v) is 22.6. The lowest BCUT2D eigenvalue weighted by atomic mass is 9.85. The van der Waals surface area contributed by atoms with Crippen LogP contribution >= 0.6 is 22.7 Å². The molecule has 0 aliphatic rings. The smallest absolute Gasteiger partial charge is 0.0972 e. The predicted molar refractivity (Wildman–Crippen MR) is 571 cm³/mol. The van der Waals surface area contributed by atoms with E-state index in [1.807, 2.05) is 127 Å². The zero-order valence-electron chi connectivity index (χ0n) is 83.9. The predicted octanol–water partition coefficient (Wildman–Crippen LogP) is 35.9. The minimum Gasteiger partial charge on any atom is -0.254 e. The molecule has 0 spiro atoms. The van der Waals surface area contributed by atoms with Crippen molar-refractivity contribution in [3.63, 3.8) is 0 Å². The largest absolute Gasteiger partial charge is 0.254 e. The average Bonchev–Trinajstić information content (AvgIpc) is 1.34. The molecule has 0 amide bonds. The van der Waals surface area contributed by atoms with Gasteiger partial charge in [0, 0.05) is 98.0 Å². The van der Waals surface area contributed by atoms with Crippen LogP contribution in [0.5, 0.6) is 0 Å². The second-order valence-corrected chi connectivity index (χ2v) is 35.4. The standard InChI is InChI=1S/2C64H40N2S/c1-4-18-41(19-5-1)57-52-29-12-14-31-54(52)60(55-32-15-13-30-53(55)57)64-59(43-22-8-3-9-23-43)58(42-20-6-2-7-21-42)63(67-64)47-25-16-24-46(40-47)48-36-37-51(50-28-11-10-27-49(48)50)56-38-35-45-34-33-44-26-17-39-65-61(44)62(45)66-56;1-4-17-42(18-5-1)57-52-26-12-14-28-54(52)60(55-29-15-13-27-53(55)57)64-59(44-21-8-3-9-22-44)58(43-19-6-2-7-20-43)63(67-64)47-34-30-41(31-35-47)48-37-38-51(50-25-11-10-24-49(48)50)56-39-36-46-33-32-45-23-16-40-65-61(45)62(46)66-56/h2*1-40H/i10D,11D,27D,28D,36D,37D;10D,11D,24D,25D,37D,38D. The summed E-state index contributed by atoms with van der Waals surface area (Å²) in [6.07, 6.45) is 3.41. The molecule has 0 saturated heterocycles. The molecule has 6 aromatic heterocycles. The van der Waals surface area contributed by atoms with Gasteiger partial charge >= 0.3 is 0 Å². The van der Waals surface area contributed by atoms with E-state index >= 15 is 0 Å². The van der Waals surface area contributed by atoms with Gasteiger partial charge in [-0.25, -0.2) is 9.97 Å². The van der Waals surface area contributed by atoms with Crippen molar-refractivity contribution in [1.82, 2.24) is 19.9 Å². The molecule has 134 heavy (non-hydrogen) atoms. The van der Waals surface area contributed by atoms with Crippen LogP contribution < -0.4 is 0 Å². The van der Waals surface area contributed by atoms with Gasteiger partial charge in [-0.05, 0) is 173 Å². The monoisotopic (exact) mass is 1750 g/mol. The minimum atomic E-state index is -0.424. The fraction of sp³-hybridized carbons (Fsp3) is 0. The van der Waals surface area contributed by atoms with Gasteiger partial charge in [-0.15, -0.1) is 22.7 Å². The zero-order valence-corrected chi connectivity index (χ0v) is 73.5. The van der Waals surface area contributed by atoms with Gasteiger partial charge < -0.3 is 0 Å². The average molecular weight is 1750 g/mol. The molecule has 0 N–H and O–H groups in total. The van der Waals surface area contributed by atoms with Crippen LogP contribution in [-0.2, 0) is 0 Å². The van der Waals surface area contributed by atoms with Crippen LogP contribution in [0.25, 0.3) is 262 Å². The van der Waals surface area contributed by atoms with E-state index in [2.05, 4.69) is 271 Å². The van der Waals surface area contributed by atoms with Crippen LogP contribution in [0.3, 0.4) is 0 Å². The number of aromatic nitrogens is 4. The highest BCUT2D eigenvalue weighted by Crippen LogP contribution is 2.59. The molecule has 0 atom stereocenters. The lowest BCUT2D eigenvalue weighted by Gasteiger charge is -2.18. The van der Waals surface area contributed by atoms with Crippen molar-refractivity contribution in [3.05, 3.63) is 485 Å². The van der Waals surface area contributed by atoms with Crippen molar-refractivity contribution in [2.45, 2.75) is 0 Å². The van der Waals surface area contributed by atoms with Crippen LogP contribution in [0.15, 0.2) is 485 Å². The molecule has 0 saturated carbocycles. The summed E-state index contributed by atoms with van der Waals surface area (Å²) < 4.78 is 112. The quantitative estimate of drug-likeness (QED) is 0.0804. The highest BCUT2D eigenvalue weighted by Gasteiger charge is 2.31. The number of hydrogen-bond donors (Lipinski definition) is 0. The zero-order chi connectivity index (χ0) is 99.0. The van der Waals surface area contributed by atoms with Crippen LogP contribution in [0, 0.1) is 0 Å². The summed E-state index contributed by atoms with van der Waals surface area (Å²) in [7, 11) is 0. The number of benzene rings is 20. The fourth-order valence-electron chi connectivity index (χ4n) is 19.7. The van der Waals surface area contributed by atoms with Gasteiger partial charge in [-0.1, -0.05) is 443 Å².